The van der Waals surface area contributed by atoms with Crippen molar-refractivity contribution in [2.24, 2.45) is 0 Å². The zero-order valence-corrected chi connectivity index (χ0v) is 35.3. The molecule has 1 amide bonds. The predicted molar refractivity (Wildman–Crippen MR) is 223 cm³/mol. The van der Waals surface area contributed by atoms with Gasteiger partial charge >= 0.3 is 0 Å². The Morgan fingerprint density at radius 1 is 0.727 bits per heavy atom. The van der Waals surface area contributed by atoms with E-state index in [0.29, 0.717) is 17.4 Å². The Balaban J connectivity index is 4.90. The molecule has 0 spiro atoms. The molecule has 6 atom stereocenters. The molecule has 11 nitrogen and oxygen atoms in total. The van der Waals surface area contributed by atoms with Crippen LogP contribution in [0.4, 0.5) is 0 Å². The van der Waals surface area contributed by atoms with Gasteiger partial charge in [0.2, 0.25) is 5.91 Å². The average molecular weight is 795 g/mol. The zero-order chi connectivity index (χ0) is 41.2. The fourth-order valence-corrected chi connectivity index (χ4v) is 5.75. The van der Waals surface area contributed by atoms with Crippen LogP contribution >= 0.6 is 7.82 Å². The zero-order valence-electron chi connectivity index (χ0n) is 34.4. The van der Waals surface area contributed by atoms with Crippen molar-refractivity contribution < 1.29 is 48.2 Å². The lowest BCUT2D eigenvalue weighted by molar-refractivity contribution is -0.870. The third-order valence-electron chi connectivity index (χ3n) is 8.40. The van der Waals surface area contributed by atoms with Crippen molar-refractivity contribution in [1.29, 1.82) is 0 Å². The van der Waals surface area contributed by atoms with E-state index in [2.05, 4.69) is 24.4 Å². The summed E-state index contributed by atoms with van der Waals surface area (Å²) in [5, 5.41) is 44.1. The van der Waals surface area contributed by atoms with Crippen LogP contribution in [-0.4, -0.2) is 102 Å². The second-order valence-electron chi connectivity index (χ2n) is 14.8. The maximum absolute atomic E-state index is 12.8. The van der Waals surface area contributed by atoms with Gasteiger partial charge in [-0.05, 0) is 57.8 Å². The molecule has 1 unspecified atom stereocenters. The molecule has 0 aromatic carbocycles. The summed E-state index contributed by atoms with van der Waals surface area (Å²) in [6.45, 7) is 4.07. The molecule has 0 radical (unpaired) electrons. The molecule has 0 fully saturated rings. The van der Waals surface area contributed by atoms with Gasteiger partial charge in [-0.25, -0.2) is 0 Å². The molecule has 0 aromatic rings. The minimum Gasteiger partial charge on any atom is -0.756 e. The first kappa shape index (κ1) is 52.6. The highest BCUT2D eigenvalue weighted by Gasteiger charge is 2.23. The number of hydrogen-bond donors (Lipinski definition) is 5. The van der Waals surface area contributed by atoms with E-state index in [4.69, 9.17) is 9.05 Å². The van der Waals surface area contributed by atoms with Gasteiger partial charge in [-0.1, -0.05) is 131 Å². The van der Waals surface area contributed by atoms with Crippen molar-refractivity contribution in [3.05, 3.63) is 85.1 Å². The first-order valence-electron chi connectivity index (χ1n) is 20.3. The van der Waals surface area contributed by atoms with Crippen LogP contribution in [0.15, 0.2) is 85.1 Å². The fraction of sp³-hybridized carbons (Fsp3) is 0.651. The standard InChI is InChI=1S/C43H75N2O9P/c1-6-8-10-11-12-13-14-15-16-17-18-22-26-31-40(47)39(37-54-55(51,52)53-36-35-45(3,4)5)44-43(50)34-28-33-42(49)41(48)32-27-23-20-19-21-25-30-38(46)29-24-9-7-2/h9-11,19-21,23-27,30-32,38-42,46-49H,6-8,12-18,22,28-29,33-37H2,1-5H3,(H-,44,50,51,52)/b11-10-,21-19+,23-20-,24-9-,30-25+,31-26+,32-27-/t38-,39-,40+,41+,42+/m0/s1. The van der Waals surface area contributed by atoms with Crippen LogP contribution in [0.3, 0.4) is 0 Å². The van der Waals surface area contributed by atoms with E-state index in [1.807, 2.05) is 46.3 Å². The minimum atomic E-state index is -4.69. The van der Waals surface area contributed by atoms with Gasteiger partial charge in [0.05, 0.1) is 58.2 Å². The van der Waals surface area contributed by atoms with Crippen LogP contribution in [0.1, 0.15) is 110 Å². The van der Waals surface area contributed by atoms with E-state index in [-0.39, 0.29) is 25.9 Å². The van der Waals surface area contributed by atoms with Crippen molar-refractivity contribution in [3.63, 3.8) is 0 Å². The molecule has 0 aromatic heterocycles. The van der Waals surface area contributed by atoms with Crippen molar-refractivity contribution in [2.75, 3.05) is 40.9 Å². The quantitative estimate of drug-likeness (QED) is 0.0153. The van der Waals surface area contributed by atoms with Crippen LogP contribution in [0.5, 0.6) is 0 Å². The second-order valence-corrected chi connectivity index (χ2v) is 16.2. The molecule has 55 heavy (non-hydrogen) atoms. The summed E-state index contributed by atoms with van der Waals surface area (Å²) in [5.41, 5.74) is 0. The maximum Gasteiger partial charge on any atom is 0.268 e. The molecule has 316 valence electrons. The SMILES string of the molecule is CC/C=C\C[C@H](O)/C=C/C=C/C=C\C=C/[C@@H](O)[C@H](O)CCCC(=O)N[C@@H](COP(=O)([O-])OCC[N+](C)(C)C)[C@H](O)/C=C/CCCCCCCC/C=C\CCC. The summed E-state index contributed by atoms with van der Waals surface area (Å²) < 4.78 is 23.0. The molecular weight excluding hydrogens is 719 g/mol. The summed E-state index contributed by atoms with van der Waals surface area (Å²) in [6.07, 6.45) is 34.2. The van der Waals surface area contributed by atoms with Gasteiger partial charge in [-0.15, -0.1) is 0 Å². The van der Waals surface area contributed by atoms with Crippen LogP contribution in [0.2, 0.25) is 0 Å². The highest BCUT2D eigenvalue weighted by molar-refractivity contribution is 7.45. The Hall–Kier alpha value is -2.44. The number of carbonyl (C=O) groups excluding carboxylic acids is 1. The number of unbranched alkanes of at least 4 members (excludes halogenated alkanes) is 8. The monoisotopic (exact) mass is 795 g/mol. The van der Waals surface area contributed by atoms with E-state index in [0.717, 1.165) is 44.9 Å². The largest absolute Gasteiger partial charge is 0.756 e. The van der Waals surface area contributed by atoms with Gasteiger partial charge in [-0.3, -0.25) is 9.36 Å². The number of quaternary nitrogens is 1. The average Bonchev–Trinajstić information content (AvgIpc) is 3.12. The first-order valence-corrected chi connectivity index (χ1v) is 21.7. The maximum atomic E-state index is 12.8. The molecule has 0 rings (SSSR count). The van der Waals surface area contributed by atoms with E-state index < -0.39 is 50.8 Å². The topological polar surface area (TPSA) is 169 Å². The summed E-state index contributed by atoms with van der Waals surface area (Å²) in [7, 11) is 1.02. The minimum absolute atomic E-state index is 0.0215. The number of nitrogens with zero attached hydrogens (tertiary/aromatic N) is 1. The summed E-state index contributed by atoms with van der Waals surface area (Å²) in [4.78, 5) is 25.3. The summed E-state index contributed by atoms with van der Waals surface area (Å²) in [6, 6.07) is -1.05. The number of allylic oxidation sites excluding steroid dienone is 10. The lowest BCUT2D eigenvalue weighted by atomic mass is 10.1. The normalized spacial score (nSPS) is 17.1. The van der Waals surface area contributed by atoms with Crippen LogP contribution < -0.4 is 10.2 Å². The van der Waals surface area contributed by atoms with Crippen molar-refractivity contribution in [1.82, 2.24) is 5.32 Å². The smallest absolute Gasteiger partial charge is 0.268 e. The molecule has 0 heterocycles. The van der Waals surface area contributed by atoms with Crippen LogP contribution in [-0.2, 0) is 18.4 Å². The number of carbonyl (C=O) groups is 1. The second kappa shape index (κ2) is 33.7. The van der Waals surface area contributed by atoms with E-state index in [9.17, 15) is 34.7 Å². The molecule has 0 saturated heterocycles. The molecule has 5 N–H and O–H groups in total. The Kier molecular flexibility index (Phi) is 32.2. The highest BCUT2D eigenvalue weighted by Crippen LogP contribution is 2.38. The fourth-order valence-electron chi connectivity index (χ4n) is 5.02. The number of likely N-dealkylation sites (N-methyl/N-ethyl adjacent to an activating group) is 1. The van der Waals surface area contributed by atoms with E-state index >= 15 is 0 Å². The summed E-state index contributed by atoms with van der Waals surface area (Å²) >= 11 is 0. The third-order valence-corrected chi connectivity index (χ3v) is 9.37. The molecule has 0 saturated carbocycles. The van der Waals surface area contributed by atoms with Crippen molar-refractivity contribution >= 4 is 13.7 Å². The number of amides is 1. The number of hydrogen-bond acceptors (Lipinski definition) is 9. The lowest BCUT2D eigenvalue weighted by Crippen LogP contribution is -2.46. The van der Waals surface area contributed by atoms with Gasteiger partial charge in [0.15, 0.2) is 0 Å². The molecule has 0 aliphatic carbocycles. The number of phosphoric ester groups is 1. The molecule has 0 bridgehead atoms. The van der Waals surface area contributed by atoms with Gasteiger partial charge in [0, 0.05) is 6.42 Å². The lowest BCUT2D eigenvalue weighted by Gasteiger charge is -2.29. The Morgan fingerprint density at radius 3 is 1.96 bits per heavy atom. The molecule has 0 aliphatic heterocycles. The number of phosphoric acid groups is 1. The van der Waals surface area contributed by atoms with Gasteiger partial charge in [0.25, 0.3) is 7.82 Å². The van der Waals surface area contributed by atoms with Crippen LogP contribution in [0, 0.1) is 0 Å². The Morgan fingerprint density at radius 2 is 1.33 bits per heavy atom. The van der Waals surface area contributed by atoms with Crippen molar-refractivity contribution in [2.45, 2.75) is 141 Å². The first-order chi connectivity index (χ1) is 26.2. The van der Waals surface area contributed by atoms with Gasteiger partial charge in [0.1, 0.15) is 13.2 Å². The van der Waals surface area contributed by atoms with Crippen LogP contribution in [0.25, 0.3) is 0 Å². The number of aliphatic hydroxyl groups is 4. The Bertz CT molecular complexity index is 1220. The summed E-state index contributed by atoms with van der Waals surface area (Å²) in [5.74, 6) is -0.459. The van der Waals surface area contributed by atoms with E-state index in [1.54, 1.807) is 48.6 Å². The number of rotatable bonds is 34. The number of aliphatic hydroxyl groups excluding tert-OH is 4. The molecule has 12 heteroatoms. The molecule has 0 aliphatic rings. The third kappa shape index (κ3) is 34.5. The van der Waals surface area contributed by atoms with E-state index in [1.165, 1.54) is 31.8 Å². The highest BCUT2D eigenvalue weighted by atomic mass is 31.2. The van der Waals surface area contributed by atoms with Gasteiger partial charge in [-0.2, -0.15) is 0 Å². The Labute approximate surface area is 333 Å². The number of nitrogens with one attached hydrogen (secondary N) is 1. The van der Waals surface area contributed by atoms with Gasteiger partial charge < -0.3 is 44.2 Å². The molecular formula is C43H75N2O9P. The predicted octanol–water partition coefficient (Wildman–Crippen LogP) is 6.91. The van der Waals surface area contributed by atoms with Crippen molar-refractivity contribution in [3.8, 4) is 0 Å².